The molecule has 0 aromatic heterocycles. The van der Waals surface area contributed by atoms with E-state index >= 15 is 0 Å². The van der Waals surface area contributed by atoms with Gasteiger partial charge in [0.05, 0.1) is 23.5 Å². The van der Waals surface area contributed by atoms with E-state index in [0.717, 1.165) is 38.8 Å². The number of thioether (sulfide) groups is 2. The van der Waals surface area contributed by atoms with Gasteiger partial charge in [-0.2, -0.15) is 11.8 Å². The van der Waals surface area contributed by atoms with Crippen molar-refractivity contribution in [2.75, 3.05) is 26.4 Å². The van der Waals surface area contributed by atoms with Crippen molar-refractivity contribution in [1.29, 1.82) is 0 Å². The Morgan fingerprint density at radius 1 is 1.35 bits per heavy atom. The molecule has 2 aliphatic carbocycles. The number of carbonyl (C=O) groups excluding carboxylic acids is 2. The van der Waals surface area contributed by atoms with Crippen LogP contribution in [0.4, 0.5) is 4.79 Å². The van der Waals surface area contributed by atoms with Crippen LogP contribution < -0.4 is 16.0 Å². The van der Waals surface area contributed by atoms with Gasteiger partial charge in [-0.15, -0.1) is 11.6 Å². The normalized spacial score (nSPS) is 35.6. The Labute approximate surface area is 197 Å². The Balaban J connectivity index is 1.24. The number of likely N-dealkylation sites (tertiary alicyclic amines) is 1. The van der Waals surface area contributed by atoms with Crippen molar-refractivity contribution in [1.82, 2.24) is 20.9 Å². The molecule has 1 saturated heterocycles. The number of rotatable bonds is 5. The van der Waals surface area contributed by atoms with Gasteiger partial charge in [-0.1, -0.05) is 23.9 Å². The zero-order chi connectivity index (χ0) is 22.0. The third-order valence-electron chi connectivity index (χ3n) is 6.30. The van der Waals surface area contributed by atoms with Gasteiger partial charge in [0.1, 0.15) is 0 Å². The SMILES string of the molecule is CSC1CCC2=C(C1)SC(NC(=O)NC(=O)C1CC(OC3CCN(C)C3)C=CC1Cl)N2. The van der Waals surface area contributed by atoms with Crippen molar-refractivity contribution < 1.29 is 14.3 Å². The van der Waals surface area contributed by atoms with Crippen LogP contribution in [0.1, 0.15) is 32.1 Å². The molecule has 0 radical (unpaired) electrons. The number of alkyl halides is 1. The van der Waals surface area contributed by atoms with E-state index in [1.807, 2.05) is 23.9 Å². The van der Waals surface area contributed by atoms with Gasteiger partial charge in [0.25, 0.3) is 0 Å². The molecule has 6 unspecified atom stereocenters. The topological polar surface area (TPSA) is 82.7 Å². The summed E-state index contributed by atoms with van der Waals surface area (Å²) in [7, 11) is 2.08. The number of allylic oxidation sites excluding steroid dienone is 3. The van der Waals surface area contributed by atoms with Crippen LogP contribution in [0.15, 0.2) is 22.8 Å². The molecular formula is C21H31ClN4O3S2. The second-order valence-corrected chi connectivity index (χ2v) is 11.5. The van der Waals surface area contributed by atoms with Crippen molar-refractivity contribution in [3.05, 3.63) is 22.8 Å². The molecule has 172 valence electrons. The van der Waals surface area contributed by atoms with E-state index in [-0.39, 0.29) is 23.6 Å². The standard InChI is InChI=1S/C21H31ClN4O3S2/c1-26-8-7-13(11-26)29-12-3-5-16(22)15(9-12)19(27)24-20(28)25-21-23-17-6-4-14(30-2)10-18(17)31-21/h3,5,12-16,21,23H,4,6-11H2,1-2H3,(H2,24,25,27,28). The molecule has 3 N–H and O–H groups in total. The lowest BCUT2D eigenvalue weighted by atomic mass is 9.91. The molecule has 31 heavy (non-hydrogen) atoms. The summed E-state index contributed by atoms with van der Waals surface area (Å²) in [5, 5.41) is 8.91. The number of nitrogens with one attached hydrogen (secondary N) is 3. The van der Waals surface area contributed by atoms with Gasteiger partial charge < -0.3 is 20.3 Å². The molecule has 0 saturated carbocycles. The van der Waals surface area contributed by atoms with Gasteiger partial charge in [0, 0.05) is 28.9 Å². The smallest absolute Gasteiger partial charge is 0.323 e. The van der Waals surface area contributed by atoms with E-state index < -0.39 is 17.3 Å². The van der Waals surface area contributed by atoms with Crippen LogP contribution >= 0.6 is 35.1 Å². The van der Waals surface area contributed by atoms with Gasteiger partial charge in [-0.3, -0.25) is 10.1 Å². The fourth-order valence-electron chi connectivity index (χ4n) is 4.53. The van der Waals surface area contributed by atoms with Crippen LogP contribution in [0.25, 0.3) is 0 Å². The maximum absolute atomic E-state index is 12.8. The third kappa shape index (κ3) is 5.93. The predicted molar refractivity (Wildman–Crippen MR) is 127 cm³/mol. The van der Waals surface area contributed by atoms with Gasteiger partial charge in [0.2, 0.25) is 5.91 Å². The molecule has 2 aliphatic heterocycles. The molecule has 10 heteroatoms. The summed E-state index contributed by atoms with van der Waals surface area (Å²) in [5.41, 5.74) is 0.981. The Morgan fingerprint density at radius 3 is 2.94 bits per heavy atom. The molecule has 7 nitrogen and oxygen atoms in total. The average Bonchev–Trinajstić information content (AvgIpc) is 3.33. The van der Waals surface area contributed by atoms with Crippen LogP contribution in [0.5, 0.6) is 0 Å². The number of hydrogen-bond acceptors (Lipinski definition) is 7. The summed E-state index contributed by atoms with van der Waals surface area (Å²) in [6.45, 7) is 1.92. The molecule has 6 atom stereocenters. The number of amides is 3. The van der Waals surface area contributed by atoms with E-state index in [2.05, 4.69) is 34.2 Å². The molecule has 2 heterocycles. The Kier molecular flexibility index (Phi) is 7.80. The zero-order valence-electron chi connectivity index (χ0n) is 17.9. The van der Waals surface area contributed by atoms with Crippen molar-refractivity contribution in [3.8, 4) is 0 Å². The lowest BCUT2D eigenvalue weighted by Crippen LogP contribution is -2.50. The maximum atomic E-state index is 12.8. The number of hydrogen-bond donors (Lipinski definition) is 3. The molecule has 0 bridgehead atoms. The molecule has 3 amide bonds. The highest BCUT2D eigenvalue weighted by Crippen LogP contribution is 2.41. The summed E-state index contributed by atoms with van der Waals surface area (Å²) in [4.78, 5) is 28.8. The van der Waals surface area contributed by atoms with Crippen LogP contribution in [0.3, 0.4) is 0 Å². The molecule has 1 fully saturated rings. The van der Waals surface area contributed by atoms with Gasteiger partial charge in [-0.25, -0.2) is 4.79 Å². The molecule has 0 spiro atoms. The number of carbonyl (C=O) groups is 2. The van der Waals surface area contributed by atoms with Crippen molar-refractivity contribution in [2.24, 2.45) is 5.92 Å². The Hall–Kier alpha value is -0.870. The maximum Gasteiger partial charge on any atom is 0.323 e. The molecular weight excluding hydrogens is 456 g/mol. The summed E-state index contributed by atoms with van der Waals surface area (Å²) >= 11 is 9.91. The van der Waals surface area contributed by atoms with Gasteiger partial charge >= 0.3 is 6.03 Å². The predicted octanol–water partition coefficient (Wildman–Crippen LogP) is 2.83. The summed E-state index contributed by atoms with van der Waals surface area (Å²) < 4.78 is 6.15. The minimum absolute atomic E-state index is 0.155. The third-order valence-corrected chi connectivity index (χ3v) is 8.98. The highest BCUT2D eigenvalue weighted by Gasteiger charge is 2.35. The molecule has 4 rings (SSSR count). The number of likely N-dealkylation sites (N-methyl/N-ethyl adjacent to an activating group) is 1. The van der Waals surface area contributed by atoms with E-state index in [0.29, 0.717) is 11.7 Å². The first-order chi connectivity index (χ1) is 14.9. The van der Waals surface area contributed by atoms with E-state index in [1.54, 1.807) is 11.8 Å². The Morgan fingerprint density at radius 2 is 2.19 bits per heavy atom. The number of halogens is 1. The number of nitrogens with zero attached hydrogens (tertiary/aromatic N) is 1. The molecule has 0 aromatic carbocycles. The quantitative estimate of drug-likeness (QED) is 0.407. The van der Waals surface area contributed by atoms with Crippen molar-refractivity contribution in [3.63, 3.8) is 0 Å². The fourth-order valence-corrected chi connectivity index (χ4v) is 6.88. The van der Waals surface area contributed by atoms with Crippen LogP contribution in [0.2, 0.25) is 0 Å². The monoisotopic (exact) mass is 486 g/mol. The number of urea groups is 1. The highest BCUT2D eigenvalue weighted by atomic mass is 35.5. The van der Waals surface area contributed by atoms with E-state index in [4.69, 9.17) is 16.3 Å². The second-order valence-electron chi connectivity index (χ2n) is 8.63. The minimum Gasteiger partial charge on any atom is -0.370 e. The van der Waals surface area contributed by atoms with E-state index in [9.17, 15) is 9.59 Å². The van der Waals surface area contributed by atoms with Crippen LogP contribution in [-0.2, 0) is 9.53 Å². The van der Waals surface area contributed by atoms with Gasteiger partial charge in [0.15, 0.2) is 5.50 Å². The fraction of sp³-hybridized carbons (Fsp3) is 0.714. The zero-order valence-corrected chi connectivity index (χ0v) is 20.3. The number of ether oxygens (including phenoxy) is 1. The Bertz CT molecular complexity index is 765. The van der Waals surface area contributed by atoms with Crippen molar-refractivity contribution >= 4 is 47.1 Å². The summed E-state index contributed by atoms with van der Waals surface area (Å²) in [6, 6.07) is -0.496. The first-order valence-corrected chi connectivity index (χ1v) is 13.5. The summed E-state index contributed by atoms with van der Waals surface area (Å²) in [6.07, 6.45) is 10.6. The highest BCUT2D eigenvalue weighted by molar-refractivity contribution is 8.04. The van der Waals surface area contributed by atoms with E-state index in [1.165, 1.54) is 10.6 Å². The largest absolute Gasteiger partial charge is 0.370 e. The van der Waals surface area contributed by atoms with Crippen LogP contribution in [-0.4, -0.2) is 71.6 Å². The number of imide groups is 1. The molecule has 4 aliphatic rings. The van der Waals surface area contributed by atoms with Gasteiger partial charge in [-0.05, 0) is 45.4 Å². The lowest BCUT2D eigenvalue weighted by molar-refractivity contribution is -0.125. The molecule has 0 aromatic rings. The van der Waals surface area contributed by atoms with Crippen LogP contribution in [0, 0.1) is 5.92 Å². The first-order valence-electron chi connectivity index (χ1n) is 10.9. The second kappa shape index (κ2) is 10.4. The average molecular weight is 487 g/mol. The minimum atomic E-state index is -0.501. The summed E-state index contributed by atoms with van der Waals surface area (Å²) in [5.74, 6) is -0.860. The first kappa shape index (κ1) is 23.3. The lowest BCUT2D eigenvalue weighted by Gasteiger charge is -2.29. The van der Waals surface area contributed by atoms with Crippen molar-refractivity contribution in [2.45, 2.75) is 60.4 Å².